The second-order valence-corrected chi connectivity index (χ2v) is 4.83. The van der Waals surface area contributed by atoms with Crippen LogP contribution in [0.15, 0.2) is 36.4 Å². The number of ether oxygens (including phenoxy) is 1. The Morgan fingerprint density at radius 1 is 1.09 bits per heavy atom. The summed E-state index contributed by atoms with van der Waals surface area (Å²) in [6.07, 6.45) is -4.74. The molecular weight excluding hydrogens is 297 g/mol. The third kappa shape index (κ3) is 3.43. The van der Waals surface area contributed by atoms with Gasteiger partial charge in [0.25, 0.3) is 0 Å². The summed E-state index contributed by atoms with van der Waals surface area (Å²) in [5.74, 6) is -0.458. The molecule has 0 aliphatic heterocycles. The smallest absolute Gasteiger partial charge is 0.505 e. The van der Waals surface area contributed by atoms with Gasteiger partial charge in [-0.3, -0.25) is 0 Å². The number of nitrogen functional groups attached to an aromatic ring is 1. The van der Waals surface area contributed by atoms with Crippen LogP contribution in [0, 0.1) is 6.92 Å². The number of rotatable bonds is 3. The van der Waals surface area contributed by atoms with E-state index >= 15 is 0 Å². The van der Waals surface area contributed by atoms with E-state index < -0.39 is 12.4 Å². The van der Waals surface area contributed by atoms with Gasteiger partial charge in [0.15, 0.2) is 0 Å². The minimum Gasteiger partial charge on any atom is -0.505 e. The highest BCUT2D eigenvalue weighted by Crippen LogP contribution is 2.35. The molecule has 0 aliphatic rings. The maximum atomic E-state index is 12.1. The molecule has 0 fully saturated rings. The van der Waals surface area contributed by atoms with E-state index in [0.29, 0.717) is 11.1 Å². The second-order valence-electron chi connectivity index (χ2n) is 4.83. The summed E-state index contributed by atoms with van der Waals surface area (Å²) in [5.41, 5.74) is 13.6. The number of phenols is 1. The Hall–Kier alpha value is -2.41. The topological polar surface area (TPSA) is 81.5 Å². The highest BCUT2D eigenvalue weighted by atomic mass is 19.4. The lowest BCUT2D eigenvalue weighted by Gasteiger charge is -2.18. The van der Waals surface area contributed by atoms with E-state index in [1.54, 1.807) is 19.1 Å². The zero-order chi connectivity index (χ0) is 16.5. The molecule has 5 N–H and O–H groups in total. The monoisotopic (exact) mass is 312 g/mol. The van der Waals surface area contributed by atoms with Crippen LogP contribution in [0.1, 0.15) is 22.7 Å². The van der Waals surface area contributed by atoms with Crippen molar-refractivity contribution >= 4 is 5.69 Å². The number of nitrogens with two attached hydrogens (primary N) is 2. The molecule has 0 bridgehead atoms. The normalized spacial score (nSPS) is 13.0. The minimum absolute atomic E-state index is 0.122. The third-order valence-corrected chi connectivity index (χ3v) is 3.25. The quantitative estimate of drug-likeness (QED) is 0.600. The van der Waals surface area contributed by atoms with Gasteiger partial charge in [-0.05, 0) is 36.2 Å². The summed E-state index contributed by atoms with van der Waals surface area (Å²) < 4.78 is 40.2. The molecule has 4 nitrogen and oxygen atoms in total. The van der Waals surface area contributed by atoms with Crippen molar-refractivity contribution in [1.82, 2.24) is 0 Å². The summed E-state index contributed by atoms with van der Waals surface area (Å²) in [6, 6.07) is 7.71. The maximum absolute atomic E-state index is 12.1. The van der Waals surface area contributed by atoms with E-state index in [0.717, 1.165) is 5.56 Å². The highest BCUT2D eigenvalue weighted by molar-refractivity contribution is 5.60. The molecule has 1 atom stereocenters. The van der Waals surface area contributed by atoms with Gasteiger partial charge < -0.3 is 21.3 Å². The van der Waals surface area contributed by atoms with E-state index in [4.69, 9.17) is 11.5 Å². The Labute approximate surface area is 125 Å². The number of aryl methyl sites for hydroxylation is 1. The van der Waals surface area contributed by atoms with E-state index in [-0.39, 0.29) is 17.2 Å². The molecule has 0 saturated heterocycles. The Morgan fingerprint density at radius 3 is 2.23 bits per heavy atom. The molecule has 2 aromatic carbocycles. The van der Waals surface area contributed by atoms with Gasteiger partial charge in [-0.15, -0.1) is 13.2 Å². The van der Waals surface area contributed by atoms with Gasteiger partial charge >= 0.3 is 6.36 Å². The lowest BCUT2D eigenvalue weighted by molar-refractivity contribution is -0.274. The molecule has 0 radical (unpaired) electrons. The number of alkyl halides is 3. The van der Waals surface area contributed by atoms with Gasteiger partial charge in [0, 0.05) is 5.56 Å². The standard InChI is InChI=1S/C15H15F3N2O2/c1-8-2-7-11(19)14(21)12(8)13(20)9-3-5-10(6-4-9)22-15(16,17)18/h2-7,13,21H,19-20H2,1H3/t13-/m1/s1. The number of hydrogen-bond acceptors (Lipinski definition) is 4. The molecule has 118 valence electrons. The lowest BCUT2D eigenvalue weighted by atomic mass is 9.94. The van der Waals surface area contributed by atoms with Gasteiger partial charge in [-0.2, -0.15) is 0 Å². The molecule has 22 heavy (non-hydrogen) atoms. The lowest BCUT2D eigenvalue weighted by Crippen LogP contribution is -2.17. The first kappa shape index (κ1) is 16.0. The highest BCUT2D eigenvalue weighted by Gasteiger charge is 2.31. The molecule has 0 aromatic heterocycles. The molecule has 0 saturated carbocycles. The van der Waals surface area contributed by atoms with E-state index in [1.807, 2.05) is 0 Å². The van der Waals surface area contributed by atoms with Crippen LogP contribution >= 0.6 is 0 Å². The molecule has 0 spiro atoms. The van der Waals surface area contributed by atoms with Crippen LogP contribution in [0.5, 0.6) is 11.5 Å². The number of benzene rings is 2. The largest absolute Gasteiger partial charge is 0.573 e. The fourth-order valence-electron chi connectivity index (χ4n) is 2.16. The van der Waals surface area contributed by atoms with Crippen LogP contribution in [-0.4, -0.2) is 11.5 Å². The summed E-state index contributed by atoms with van der Waals surface area (Å²) in [4.78, 5) is 0. The van der Waals surface area contributed by atoms with Gasteiger partial charge in [0.2, 0.25) is 0 Å². The van der Waals surface area contributed by atoms with E-state index in [9.17, 15) is 18.3 Å². The van der Waals surface area contributed by atoms with Crippen molar-refractivity contribution in [1.29, 1.82) is 0 Å². The molecule has 0 aliphatic carbocycles. The van der Waals surface area contributed by atoms with Gasteiger partial charge in [0.05, 0.1) is 11.7 Å². The SMILES string of the molecule is Cc1ccc(N)c(O)c1[C@H](N)c1ccc(OC(F)(F)F)cc1. The van der Waals surface area contributed by atoms with Crippen LogP contribution in [0.2, 0.25) is 0 Å². The minimum atomic E-state index is -4.74. The van der Waals surface area contributed by atoms with Gasteiger partial charge in [-0.25, -0.2) is 0 Å². The fourth-order valence-corrected chi connectivity index (χ4v) is 2.16. The summed E-state index contributed by atoms with van der Waals surface area (Å²) >= 11 is 0. The predicted molar refractivity (Wildman–Crippen MR) is 76.4 cm³/mol. The van der Waals surface area contributed by atoms with Crippen molar-refractivity contribution in [3.63, 3.8) is 0 Å². The van der Waals surface area contributed by atoms with Crippen molar-refractivity contribution in [2.24, 2.45) is 5.73 Å². The van der Waals surface area contributed by atoms with Gasteiger partial charge in [0.1, 0.15) is 11.5 Å². The number of aromatic hydroxyl groups is 1. The van der Waals surface area contributed by atoms with Gasteiger partial charge in [-0.1, -0.05) is 18.2 Å². The molecular formula is C15H15F3N2O2. The Morgan fingerprint density at radius 2 is 1.68 bits per heavy atom. The van der Waals surface area contributed by atoms with Crippen molar-refractivity contribution in [2.75, 3.05) is 5.73 Å². The van der Waals surface area contributed by atoms with Crippen molar-refractivity contribution in [3.05, 3.63) is 53.1 Å². The van der Waals surface area contributed by atoms with Crippen molar-refractivity contribution in [3.8, 4) is 11.5 Å². The zero-order valence-corrected chi connectivity index (χ0v) is 11.7. The number of phenolic OH excluding ortho intramolecular Hbond substituents is 1. The average Bonchev–Trinajstić information content (AvgIpc) is 2.42. The molecule has 2 rings (SSSR count). The number of hydrogen-bond donors (Lipinski definition) is 3. The zero-order valence-electron chi connectivity index (χ0n) is 11.7. The summed E-state index contributed by atoms with van der Waals surface area (Å²) in [7, 11) is 0. The Balaban J connectivity index is 2.31. The van der Waals surface area contributed by atoms with Crippen LogP contribution in [0.25, 0.3) is 0 Å². The molecule has 2 aromatic rings. The van der Waals surface area contributed by atoms with Crippen LogP contribution in [0.3, 0.4) is 0 Å². The van der Waals surface area contributed by atoms with Crippen molar-refractivity contribution in [2.45, 2.75) is 19.3 Å². The van der Waals surface area contributed by atoms with Crippen LogP contribution < -0.4 is 16.2 Å². The average molecular weight is 312 g/mol. The second kappa shape index (κ2) is 5.76. The molecule has 7 heteroatoms. The predicted octanol–water partition coefficient (Wildman–Crippen LogP) is 3.23. The first-order valence-electron chi connectivity index (χ1n) is 6.38. The van der Waals surface area contributed by atoms with Crippen LogP contribution in [0.4, 0.5) is 18.9 Å². The summed E-state index contributed by atoms with van der Waals surface area (Å²) in [5, 5.41) is 10.0. The summed E-state index contributed by atoms with van der Waals surface area (Å²) in [6.45, 7) is 1.76. The fraction of sp³-hybridized carbons (Fsp3) is 0.200. The molecule has 0 heterocycles. The molecule has 0 unspecified atom stereocenters. The number of halogens is 3. The van der Waals surface area contributed by atoms with Crippen LogP contribution in [-0.2, 0) is 0 Å². The first-order chi connectivity index (χ1) is 10.2. The third-order valence-electron chi connectivity index (χ3n) is 3.25. The van der Waals surface area contributed by atoms with E-state index in [2.05, 4.69) is 4.74 Å². The van der Waals surface area contributed by atoms with Crippen molar-refractivity contribution < 1.29 is 23.0 Å². The molecule has 0 amide bonds. The maximum Gasteiger partial charge on any atom is 0.573 e. The Kier molecular flexibility index (Phi) is 4.18. The number of anilines is 1. The van der Waals surface area contributed by atoms with E-state index in [1.165, 1.54) is 24.3 Å². The first-order valence-corrected chi connectivity index (χ1v) is 6.38. The Bertz CT molecular complexity index is 670.